The standard InChI is InChI=1S/C17H17N5O2/c1-23-14-9-8-13(11-18-14)15-20-16(22-17(21-15)24-2)19-10-12-6-4-3-5-7-12/h3-9,11H,10H2,1-2H3,(H,19,20,21,22). The number of rotatable bonds is 6. The van der Waals surface area contributed by atoms with Gasteiger partial charge in [0.25, 0.3) is 0 Å². The summed E-state index contributed by atoms with van der Waals surface area (Å²) in [7, 11) is 3.09. The Kier molecular flexibility index (Phi) is 4.81. The van der Waals surface area contributed by atoms with Gasteiger partial charge in [0.2, 0.25) is 11.8 Å². The number of nitrogens with zero attached hydrogens (tertiary/aromatic N) is 4. The molecule has 0 fully saturated rings. The summed E-state index contributed by atoms with van der Waals surface area (Å²) < 4.78 is 10.2. The van der Waals surface area contributed by atoms with E-state index < -0.39 is 0 Å². The second-order valence-electron chi connectivity index (χ2n) is 4.90. The molecule has 0 aliphatic rings. The number of methoxy groups -OCH3 is 2. The van der Waals surface area contributed by atoms with Gasteiger partial charge >= 0.3 is 6.01 Å². The molecule has 1 aromatic carbocycles. The molecule has 3 rings (SSSR count). The molecule has 0 radical (unpaired) electrons. The number of hydrogen-bond donors (Lipinski definition) is 1. The summed E-state index contributed by atoms with van der Waals surface area (Å²) in [4.78, 5) is 17.1. The quantitative estimate of drug-likeness (QED) is 0.746. The fraction of sp³-hybridized carbons (Fsp3) is 0.176. The Hall–Kier alpha value is -3.22. The topological polar surface area (TPSA) is 82.0 Å². The number of ether oxygens (including phenoxy) is 2. The molecule has 0 aliphatic heterocycles. The molecule has 122 valence electrons. The molecule has 0 unspecified atom stereocenters. The molecule has 0 saturated heterocycles. The first-order valence-corrected chi connectivity index (χ1v) is 7.37. The molecule has 0 amide bonds. The predicted octanol–water partition coefficient (Wildman–Crippen LogP) is 2.56. The number of benzene rings is 1. The van der Waals surface area contributed by atoms with E-state index in [0.717, 1.165) is 11.1 Å². The van der Waals surface area contributed by atoms with E-state index in [4.69, 9.17) is 9.47 Å². The normalized spacial score (nSPS) is 10.2. The molecule has 3 aromatic rings. The zero-order valence-corrected chi connectivity index (χ0v) is 13.4. The van der Waals surface area contributed by atoms with Crippen molar-refractivity contribution in [1.29, 1.82) is 0 Å². The maximum Gasteiger partial charge on any atom is 0.321 e. The smallest absolute Gasteiger partial charge is 0.321 e. The third-order valence-corrected chi connectivity index (χ3v) is 3.29. The van der Waals surface area contributed by atoms with E-state index in [1.54, 1.807) is 19.4 Å². The van der Waals surface area contributed by atoms with Gasteiger partial charge < -0.3 is 14.8 Å². The van der Waals surface area contributed by atoms with Gasteiger partial charge in [0.05, 0.1) is 14.2 Å². The summed E-state index contributed by atoms with van der Waals surface area (Å²) in [6, 6.07) is 13.8. The van der Waals surface area contributed by atoms with Crippen LogP contribution in [-0.4, -0.2) is 34.2 Å². The summed E-state index contributed by atoms with van der Waals surface area (Å²) >= 11 is 0. The maximum atomic E-state index is 5.17. The summed E-state index contributed by atoms with van der Waals surface area (Å²) in [6.45, 7) is 0.605. The van der Waals surface area contributed by atoms with Gasteiger partial charge in [0.15, 0.2) is 5.82 Å². The van der Waals surface area contributed by atoms with E-state index >= 15 is 0 Å². The predicted molar refractivity (Wildman–Crippen MR) is 89.9 cm³/mol. The Morgan fingerprint density at radius 1 is 0.917 bits per heavy atom. The van der Waals surface area contributed by atoms with Crippen molar-refractivity contribution in [2.45, 2.75) is 6.54 Å². The van der Waals surface area contributed by atoms with Crippen molar-refractivity contribution < 1.29 is 9.47 Å². The van der Waals surface area contributed by atoms with Crippen LogP contribution in [0.25, 0.3) is 11.4 Å². The molecular weight excluding hydrogens is 306 g/mol. The molecule has 7 heteroatoms. The lowest BCUT2D eigenvalue weighted by Gasteiger charge is -2.08. The summed E-state index contributed by atoms with van der Waals surface area (Å²) in [6.07, 6.45) is 1.65. The maximum absolute atomic E-state index is 5.17. The summed E-state index contributed by atoms with van der Waals surface area (Å²) in [5, 5.41) is 3.18. The van der Waals surface area contributed by atoms with Crippen LogP contribution in [-0.2, 0) is 6.54 Å². The second-order valence-corrected chi connectivity index (χ2v) is 4.90. The van der Waals surface area contributed by atoms with Crippen LogP contribution in [0.2, 0.25) is 0 Å². The van der Waals surface area contributed by atoms with Crippen molar-refractivity contribution in [3.63, 3.8) is 0 Å². The van der Waals surface area contributed by atoms with Gasteiger partial charge in [-0.25, -0.2) is 4.98 Å². The first kappa shape index (κ1) is 15.7. The van der Waals surface area contributed by atoms with Gasteiger partial charge in [-0.2, -0.15) is 15.0 Å². The van der Waals surface area contributed by atoms with Crippen molar-refractivity contribution in [3.8, 4) is 23.3 Å². The van der Waals surface area contributed by atoms with E-state index in [1.165, 1.54) is 7.11 Å². The number of aromatic nitrogens is 4. The van der Waals surface area contributed by atoms with E-state index in [9.17, 15) is 0 Å². The van der Waals surface area contributed by atoms with E-state index in [2.05, 4.69) is 25.3 Å². The molecule has 2 aromatic heterocycles. The zero-order chi connectivity index (χ0) is 16.8. The first-order valence-electron chi connectivity index (χ1n) is 7.37. The minimum atomic E-state index is 0.242. The van der Waals surface area contributed by atoms with Crippen molar-refractivity contribution in [2.75, 3.05) is 19.5 Å². The van der Waals surface area contributed by atoms with Gasteiger partial charge in [-0.3, -0.25) is 0 Å². The number of pyridine rings is 1. The van der Waals surface area contributed by atoms with E-state index in [0.29, 0.717) is 24.2 Å². The number of anilines is 1. The Labute approximate surface area is 139 Å². The van der Waals surface area contributed by atoms with Crippen LogP contribution >= 0.6 is 0 Å². The molecule has 1 N–H and O–H groups in total. The van der Waals surface area contributed by atoms with Crippen LogP contribution in [0.4, 0.5) is 5.95 Å². The van der Waals surface area contributed by atoms with Gasteiger partial charge in [0, 0.05) is 24.4 Å². The minimum Gasteiger partial charge on any atom is -0.481 e. The molecule has 24 heavy (non-hydrogen) atoms. The molecule has 0 spiro atoms. The SMILES string of the molecule is COc1ccc(-c2nc(NCc3ccccc3)nc(OC)n2)cn1. The third kappa shape index (κ3) is 3.75. The first-order chi connectivity index (χ1) is 11.8. The van der Waals surface area contributed by atoms with Crippen LogP contribution in [0.15, 0.2) is 48.7 Å². The fourth-order valence-electron chi connectivity index (χ4n) is 2.07. The molecular formula is C17H17N5O2. The molecule has 7 nitrogen and oxygen atoms in total. The van der Waals surface area contributed by atoms with Crippen LogP contribution in [0, 0.1) is 0 Å². The highest BCUT2D eigenvalue weighted by Gasteiger charge is 2.09. The Morgan fingerprint density at radius 2 is 1.75 bits per heavy atom. The van der Waals surface area contributed by atoms with Gasteiger partial charge in [-0.15, -0.1) is 0 Å². The lowest BCUT2D eigenvalue weighted by molar-refractivity contribution is 0.379. The molecule has 2 heterocycles. The van der Waals surface area contributed by atoms with E-state index in [-0.39, 0.29) is 6.01 Å². The largest absolute Gasteiger partial charge is 0.481 e. The highest BCUT2D eigenvalue weighted by molar-refractivity contribution is 5.55. The number of nitrogens with one attached hydrogen (secondary N) is 1. The van der Waals surface area contributed by atoms with Gasteiger partial charge in [-0.05, 0) is 11.6 Å². The van der Waals surface area contributed by atoms with Gasteiger partial charge in [-0.1, -0.05) is 30.3 Å². The Morgan fingerprint density at radius 3 is 2.42 bits per heavy atom. The summed E-state index contributed by atoms with van der Waals surface area (Å²) in [5.74, 6) is 1.45. The Balaban J connectivity index is 1.84. The van der Waals surface area contributed by atoms with E-state index in [1.807, 2.05) is 36.4 Å². The van der Waals surface area contributed by atoms with Crippen LogP contribution in [0.1, 0.15) is 5.56 Å². The second kappa shape index (κ2) is 7.36. The van der Waals surface area contributed by atoms with Crippen LogP contribution in [0.3, 0.4) is 0 Å². The lowest BCUT2D eigenvalue weighted by Crippen LogP contribution is -2.07. The van der Waals surface area contributed by atoms with Crippen LogP contribution in [0.5, 0.6) is 11.9 Å². The highest BCUT2D eigenvalue weighted by Crippen LogP contribution is 2.20. The van der Waals surface area contributed by atoms with Gasteiger partial charge in [0.1, 0.15) is 0 Å². The number of hydrogen-bond acceptors (Lipinski definition) is 7. The molecule has 0 saturated carbocycles. The summed E-state index contributed by atoms with van der Waals surface area (Å²) in [5.41, 5.74) is 1.88. The minimum absolute atomic E-state index is 0.242. The fourth-order valence-corrected chi connectivity index (χ4v) is 2.07. The van der Waals surface area contributed by atoms with Crippen molar-refractivity contribution in [3.05, 3.63) is 54.2 Å². The average molecular weight is 323 g/mol. The molecule has 0 bridgehead atoms. The van der Waals surface area contributed by atoms with Crippen molar-refractivity contribution >= 4 is 5.95 Å². The van der Waals surface area contributed by atoms with Crippen molar-refractivity contribution in [2.24, 2.45) is 0 Å². The Bertz CT molecular complexity index is 794. The lowest BCUT2D eigenvalue weighted by atomic mass is 10.2. The molecule has 0 atom stereocenters. The third-order valence-electron chi connectivity index (χ3n) is 3.29. The zero-order valence-electron chi connectivity index (χ0n) is 13.4. The average Bonchev–Trinajstić information content (AvgIpc) is 2.67. The monoisotopic (exact) mass is 323 g/mol. The molecule has 0 aliphatic carbocycles. The highest BCUT2D eigenvalue weighted by atomic mass is 16.5. The van der Waals surface area contributed by atoms with Crippen LogP contribution < -0.4 is 14.8 Å². The van der Waals surface area contributed by atoms with Crippen molar-refractivity contribution in [1.82, 2.24) is 19.9 Å².